The normalized spacial score (nSPS) is 13.6. The Morgan fingerprint density at radius 3 is 2.23 bits per heavy atom. The zero-order valence-electron chi connectivity index (χ0n) is 20.8. The molecule has 194 valence electrons. The number of rotatable bonds is 11. The molecule has 1 aliphatic rings. The van der Waals surface area contributed by atoms with Crippen LogP contribution in [-0.4, -0.2) is 77.8 Å². The van der Waals surface area contributed by atoms with E-state index < -0.39 is 10.1 Å². The third-order valence-electron chi connectivity index (χ3n) is 5.97. The van der Waals surface area contributed by atoms with E-state index in [1.165, 1.54) is 0 Å². The van der Waals surface area contributed by atoms with Crippen LogP contribution in [-0.2, 0) is 34.2 Å². The summed E-state index contributed by atoms with van der Waals surface area (Å²) in [5.74, 6) is 1.81. The summed E-state index contributed by atoms with van der Waals surface area (Å²) >= 11 is 0. The van der Waals surface area contributed by atoms with E-state index in [-0.39, 0.29) is 18.3 Å². The number of ether oxygens (including phenoxy) is 2. The Balaban J connectivity index is 0.00000432. The summed E-state index contributed by atoms with van der Waals surface area (Å²) in [4.78, 5) is 17.0. The number of hydrogen-bond acceptors (Lipinski definition) is 7. The minimum atomic E-state index is -3.51. The Kier molecular flexibility index (Phi) is 10.7. The van der Waals surface area contributed by atoms with Gasteiger partial charge in [0.2, 0.25) is 5.91 Å². The molecule has 3 rings (SSSR count). The van der Waals surface area contributed by atoms with Crippen LogP contribution >= 0.6 is 12.4 Å². The monoisotopic (exact) mass is 526 g/mol. The molecule has 0 N–H and O–H groups in total. The van der Waals surface area contributed by atoms with Crippen LogP contribution in [0.15, 0.2) is 36.4 Å². The van der Waals surface area contributed by atoms with Crippen LogP contribution in [0.4, 0.5) is 0 Å². The molecular weight excluding hydrogens is 492 g/mol. The fraction of sp³-hybridized carbons (Fsp3) is 0.480. The average Bonchev–Trinajstić information content (AvgIpc) is 2.94. The molecule has 0 unspecified atom stereocenters. The topological polar surface area (TPSA) is 85.4 Å². The number of benzene rings is 2. The van der Waals surface area contributed by atoms with Crippen molar-refractivity contribution in [3.63, 3.8) is 0 Å². The Hall–Kier alpha value is -2.49. The van der Waals surface area contributed by atoms with Crippen molar-refractivity contribution in [2.45, 2.75) is 25.7 Å². The molecule has 35 heavy (non-hydrogen) atoms. The van der Waals surface area contributed by atoms with Gasteiger partial charge in [-0.1, -0.05) is 12.1 Å². The number of halogens is 1. The molecule has 10 heteroatoms. The molecule has 1 amide bonds. The lowest BCUT2D eigenvalue weighted by molar-refractivity contribution is -0.130. The van der Waals surface area contributed by atoms with Gasteiger partial charge in [0.25, 0.3) is 0 Å². The van der Waals surface area contributed by atoms with E-state index in [4.69, 9.17) is 13.7 Å². The van der Waals surface area contributed by atoms with Gasteiger partial charge in [-0.3, -0.25) is 4.79 Å². The molecular formula is C25H35ClN2O6S. The number of amides is 1. The van der Waals surface area contributed by atoms with Gasteiger partial charge in [-0.2, -0.15) is 8.42 Å². The highest BCUT2D eigenvalue weighted by molar-refractivity contribution is 7.86. The molecule has 1 heterocycles. The summed E-state index contributed by atoms with van der Waals surface area (Å²) in [7, 11) is 1.79. The van der Waals surface area contributed by atoms with Crippen LogP contribution in [0.25, 0.3) is 0 Å². The van der Waals surface area contributed by atoms with Gasteiger partial charge in [-0.25, -0.2) is 0 Å². The molecule has 0 aliphatic carbocycles. The van der Waals surface area contributed by atoms with E-state index >= 15 is 0 Å². The number of hydrogen-bond donors (Lipinski definition) is 0. The maximum Gasteiger partial charge on any atom is 0.306 e. The summed E-state index contributed by atoms with van der Waals surface area (Å²) in [6.45, 7) is 3.18. The molecule has 0 saturated carbocycles. The molecule has 0 aromatic heterocycles. The molecule has 0 atom stereocenters. The van der Waals surface area contributed by atoms with E-state index in [9.17, 15) is 13.2 Å². The smallest absolute Gasteiger partial charge is 0.306 e. The number of likely N-dealkylation sites (N-methyl/N-ethyl adjacent to an activating group) is 1. The Morgan fingerprint density at radius 2 is 1.63 bits per heavy atom. The average molecular weight is 527 g/mol. The molecule has 1 aliphatic heterocycles. The first-order chi connectivity index (χ1) is 16.2. The second-order valence-electron chi connectivity index (χ2n) is 8.62. The molecule has 0 spiro atoms. The summed E-state index contributed by atoms with van der Waals surface area (Å²) in [6, 6.07) is 11.0. The minimum absolute atomic E-state index is 0. The van der Waals surface area contributed by atoms with Crippen molar-refractivity contribution < 1.29 is 26.9 Å². The molecule has 2 aromatic carbocycles. The van der Waals surface area contributed by atoms with Crippen molar-refractivity contribution in [3.05, 3.63) is 53.1 Å². The van der Waals surface area contributed by atoms with Gasteiger partial charge >= 0.3 is 10.1 Å². The van der Waals surface area contributed by atoms with Gasteiger partial charge < -0.3 is 23.5 Å². The number of methoxy groups -OCH3 is 2. The van der Waals surface area contributed by atoms with E-state index in [1.807, 2.05) is 29.2 Å². The maximum atomic E-state index is 12.8. The largest absolute Gasteiger partial charge is 0.493 e. The van der Waals surface area contributed by atoms with Gasteiger partial charge in [0.05, 0.1) is 26.9 Å². The Labute approximate surface area is 214 Å². The highest BCUT2D eigenvalue weighted by atomic mass is 35.5. The van der Waals surface area contributed by atoms with Crippen LogP contribution in [0.5, 0.6) is 17.2 Å². The van der Waals surface area contributed by atoms with E-state index in [0.717, 1.165) is 61.8 Å². The zero-order chi connectivity index (χ0) is 24.7. The van der Waals surface area contributed by atoms with Crippen LogP contribution in [0.1, 0.15) is 23.1 Å². The van der Waals surface area contributed by atoms with E-state index in [0.29, 0.717) is 30.2 Å². The molecule has 2 aromatic rings. The number of fused-ring (bicyclic) bond motifs is 1. The van der Waals surface area contributed by atoms with Gasteiger partial charge in [0.1, 0.15) is 5.75 Å². The maximum absolute atomic E-state index is 12.8. The first-order valence-electron chi connectivity index (χ1n) is 11.4. The minimum Gasteiger partial charge on any atom is -0.493 e. The van der Waals surface area contributed by atoms with E-state index in [1.54, 1.807) is 26.4 Å². The fourth-order valence-corrected chi connectivity index (χ4v) is 4.56. The van der Waals surface area contributed by atoms with Crippen molar-refractivity contribution >= 4 is 28.4 Å². The second-order valence-corrected chi connectivity index (χ2v) is 10.2. The predicted molar refractivity (Wildman–Crippen MR) is 139 cm³/mol. The van der Waals surface area contributed by atoms with E-state index in [2.05, 4.69) is 11.9 Å². The van der Waals surface area contributed by atoms with Crippen LogP contribution < -0.4 is 13.7 Å². The van der Waals surface area contributed by atoms with Crippen molar-refractivity contribution in [1.29, 1.82) is 0 Å². The highest BCUT2D eigenvalue weighted by Crippen LogP contribution is 2.32. The van der Waals surface area contributed by atoms with Crippen molar-refractivity contribution in [1.82, 2.24) is 9.80 Å². The molecule has 0 fully saturated rings. The van der Waals surface area contributed by atoms with Crippen molar-refractivity contribution in [3.8, 4) is 17.2 Å². The Morgan fingerprint density at radius 1 is 1.00 bits per heavy atom. The van der Waals surface area contributed by atoms with Gasteiger partial charge in [0, 0.05) is 19.6 Å². The first-order valence-corrected chi connectivity index (χ1v) is 13.2. The lowest BCUT2D eigenvalue weighted by Gasteiger charge is -2.23. The van der Waals surface area contributed by atoms with Crippen LogP contribution in [0.2, 0.25) is 0 Å². The zero-order valence-corrected chi connectivity index (χ0v) is 22.4. The predicted octanol–water partition coefficient (Wildman–Crippen LogP) is 2.96. The highest BCUT2D eigenvalue weighted by Gasteiger charge is 2.22. The second kappa shape index (κ2) is 13.0. The SMILES string of the molecule is COc1cc2c(cc1OC)CC(=O)N(CCCN(C)CCc1ccc(OS(C)(=O)=O)cc1)CC2.Cl. The lowest BCUT2D eigenvalue weighted by Crippen LogP contribution is -2.35. The molecule has 0 radical (unpaired) electrons. The summed E-state index contributed by atoms with van der Waals surface area (Å²) in [5, 5.41) is 0. The van der Waals surface area contributed by atoms with Gasteiger partial charge in [-0.05, 0) is 73.8 Å². The van der Waals surface area contributed by atoms with Crippen LogP contribution in [0, 0.1) is 0 Å². The molecule has 0 bridgehead atoms. The van der Waals surface area contributed by atoms with Gasteiger partial charge in [-0.15, -0.1) is 12.4 Å². The standard InChI is InChI=1S/C25H34N2O6S.ClH/c1-26(14-10-19-6-8-22(9-7-19)33-34(4,29)30)12-5-13-27-15-11-20-16-23(31-2)24(32-3)17-21(20)18-25(27)28;/h6-9,16-17H,5,10-15,18H2,1-4H3;1H. The quantitative estimate of drug-likeness (QED) is 0.416. The van der Waals surface area contributed by atoms with Crippen molar-refractivity contribution in [2.24, 2.45) is 0 Å². The third-order valence-corrected chi connectivity index (χ3v) is 6.47. The summed E-state index contributed by atoms with van der Waals surface area (Å²) < 4.78 is 38.1. The summed E-state index contributed by atoms with van der Waals surface area (Å²) in [6.07, 6.45) is 3.95. The summed E-state index contributed by atoms with van der Waals surface area (Å²) in [5.41, 5.74) is 3.26. The molecule has 0 saturated heterocycles. The molecule has 8 nitrogen and oxygen atoms in total. The lowest BCUT2D eigenvalue weighted by atomic mass is 10.0. The fourth-order valence-electron chi connectivity index (χ4n) is 4.10. The van der Waals surface area contributed by atoms with Gasteiger partial charge in [0.15, 0.2) is 11.5 Å². The number of carbonyl (C=O) groups excluding carboxylic acids is 1. The third kappa shape index (κ3) is 8.59. The number of nitrogens with zero attached hydrogens (tertiary/aromatic N) is 2. The van der Waals surface area contributed by atoms with Crippen LogP contribution in [0.3, 0.4) is 0 Å². The number of carbonyl (C=O) groups is 1. The first kappa shape index (κ1) is 28.7. The Bertz CT molecular complexity index is 1090. The van der Waals surface area contributed by atoms with Crippen molar-refractivity contribution in [2.75, 3.05) is 53.7 Å².